The third-order valence-electron chi connectivity index (χ3n) is 5.15. The highest BCUT2D eigenvalue weighted by atomic mass is 32.1. The summed E-state index contributed by atoms with van der Waals surface area (Å²) in [6.45, 7) is 1.40. The fourth-order valence-corrected chi connectivity index (χ4v) is 4.02. The number of benzene rings is 2. The number of hydrogen-bond donors (Lipinski definition) is 1. The number of nitrogens with one attached hydrogen (secondary N) is 1. The monoisotopic (exact) mass is 482 g/mol. The van der Waals surface area contributed by atoms with E-state index in [4.69, 9.17) is 14.2 Å². The molecule has 0 unspecified atom stereocenters. The molecular weight excluding hydrogens is 460 g/mol. The summed E-state index contributed by atoms with van der Waals surface area (Å²) < 4.78 is 18.2. The molecule has 0 atom stereocenters. The molecular formula is C23H22N4O6S. The third kappa shape index (κ3) is 5.00. The molecule has 0 saturated heterocycles. The van der Waals surface area contributed by atoms with Gasteiger partial charge in [0.25, 0.3) is 11.6 Å². The SMILES string of the molecule is COCCn1ccc2cc(NC(=O)c3cc(OC)c(OCc4cscn4)cc3[N+](=O)[O-])ccc21. The number of rotatable bonds is 10. The van der Waals surface area contributed by atoms with Crippen LogP contribution in [-0.4, -0.2) is 41.2 Å². The molecule has 176 valence electrons. The van der Waals surface area contributed by atoms with Gasteiger partial charge in [0, 0.05) is 47.9 Å². The first-order valence-corrected chi connectivity index (χ1v) is 11.2. The summed E-state index contributed by atoms with van der Waals surface area (Å²) in [4.78, 5) is 28.2. The van der Waals surface area contributed by atoms with Crippen molar-refractivity contribution in [1.82, 2.24) is 9.55 Å². The Morgan fingerprint density at radius 1 is 1.21 bits per heavy atom. The van der Waals surface area contributed by atoms with Crippen LogP contribution in [-0.2, 0) is 17.9 Å². The van der Waals surface area contributed by atoms with Crippen molar-refractivity contribution in [2.24, 2.45) is 0 Å². The highest BCUT2D eigenvalue weighted by molar-refractivity contribution is 7.07. The Kier molecular flexibility index (Phi) is 7.04. The fourth-order valence-electron chi connectivity index (χ4n) is 3.48. The predicted octanol–water partition coefficient (Wildman–Crippen LogP) is 4.49. The van der Waals surface area contributed by atoms with Crippen LogP contribution >= 0.6 is 11.3 Å². The summed E-state index contributed by atoms with van der Waals surface area (Å²) >= 11 is 1.41. The summed E-state index contributed by atoms with van der Waals surface area (Å²) in [5.41, 5.74) is 3.32. The summed E-state index contributed by atoms with van der Waals surface area (Å²) in [7, 11) is 3.05. The number of carbonyl (C=O) groups is 1. The van der Waals surface area contributed by atoms with E-state index >= 15 is 0 Å². The van der Waals surface area contributed by atoms with Crippen molar-refractivity contribution in [3.05, 3.63) is 74.9 Å². The van der Waals surface area contributed by atoms with Crippen LogP contribution in [0.5, 0.6) is 11.5 Å². The number of aromatic nitrogens is 2. The zero-order chi connectivity index (χ0) is 24.1. The molecule has 0 spiro atoms. The van der Waals surface area contributed by atoms with Gasteiger partial charge in [-0.2, -0.15) is 0 Å². The minimum atomic E-state index is -0.630. The van der Waals surface area contributed by atoms with Crippen molar-refractivity contribution in [2.45, 2.75) is 13.2 Å². The van der Waals surface area contributed by atoms with Crippen LogP contribution in [0.2, 0.25) is 0 Å². The fraction of sp³-hybridized carbons (Fsp3) is 0.217. The second kappa shape index (κ2) is 10.3. The molecule has 1 amide bonds. The Morgan fingerprint density at radius 3 is 2.76 bits per heavy atom. The predicted molar refractivity (Wildman–Crippen MR) is 128 cm³/mol. The Balaban J connectivity index is 1.58. The second-order valence-electron chi connectivity index (χ2n) is 7.28. The van der Waals surface area contributed by atoms with E-state index < -0.39 is 16.5 Å². The Labute approximate surface area is 198 Å². The highest BCUT2D eigenvalue weighted by Crippen LogP contribution is 2.36. The lowest BCUT2D eigenvalue weighted by molar-refractivity contribution is -0.385. The number of amides is 1. The number of nitro benzene ring substituents is 1. The summed E-state index contributed by atoms with van der Waals surface area (Å²) in [6.07, 6.45) is 1.94. The molecule has 2 heterocycles. The average molecular weight is 483 g/mol. The zero-order valence-corrected chi connectivity index (χ0v) is 19.3. The Bertz CT molecular complexity index is 1320. The van der Waals surface area contributed by atoms with Gasteiger partial charge < -0.3 is 24.1 Å². The molecule has 0 saturated carbocycles. The molecule has 2 aromatic carbocycles. The maximum absolute atomic E-state index is 13.0. The van der Waals surface area contributed by atoms with Crippen LogP contribution in [0, 0.1) is 10.1 Å². The van der Waals surface area contributed by atoms with Crippen molar-refractivity contribution in [1.29, 1.82) is 0 Å². The number of nitrogens with zero attached hydrogens (tertiary/aromatic N) is 3. The number of nitro groups is 1. The molecule has 0 aliphatic rings. The number of methoxy groups -OCH3 is 2. The second-order valence-corrected chi connectivity index (χ2v) is 7.99. The maximum Gasteiger partial charge on any atom is 0.286 e. The molecule has 10 nitrogen and oxygen atoms in total. The largest absolute Gasteiger partial charge is 0.493 e. The van der Waals surface area contributed by atoms with Gasteiger partial charge in [-0.05, 0) is 24.3 Å². The van der Waals surface area contributed by atoms with E-state index in [1.807, 2.05) is 34.3 Å². The molecule has 11 heteroatoms. The van der Waals surface area contributed by atoms with Crippen LogP contribution in [0.3, 0.4) is 0 Å². The molecule has 2 aromatic heterocycles. The van der Waals surface area contributed by atoms with Gasteiger partial charge in [-0.1, -0.05) is 0 Å². The van der Waals surface area contributed by atoms with E-state index in [0.717, 1.165) is 10.9 Å². The smallest absolute Gasteiger partial charge is 0.286 e. The quantitative estimate of drug-likeness (QED) is 0.261. The van der Waals surface area contributed by atoms with Gasteiger partial charge in [0.1, 0.15) is 12.2 Å². The van der Waals surface area contributed by atoms with Gasteiger partial charge in [-0.15, -0.1) is 11.3 Å². The zero-order valence-electron chi connectivity index (χ0n) is 18.5. The van der Waals surface area contributed by atoms with Crippen molar-refractivity contribution in [3.63, 3.8) is 0 Å². The van der Waals surface area contributed by atoms with E-state index in [1.54, 1.807) is 18.7 Å². The van der Waals surface area contributed by atoms with Gasteiger partial charge in [0.2, 0.25) is 0 Å². The van der Waals surface area contributed by atoms with Gasteiger partial charge in [-0.3, -0.25) is 14.9 Å². The van der Waals surface area contributed by atoms with Crippen LogP contribution < -0.4 is 14.8 Å². The molecule has 0 fully saturated rings. The topological polar surface area (TPSA) is 118 Å². The van der Waals surface area contributed by atoms with E-state index in [0.29, 0.717) is 24.5 Å². The van der Waals surface area contributed by atoms with E-state index in [1.165, 1.54) is 30.6 Å². The molecule has 0 bridgehead atoms. The van der Waals surface area contributed by atoms with Gasteiger partial charge in [0.15, 0.2) is 11.5 Å². The normalized spacial score (nSPS) is 10.9. The Morgan fingerprint density at radius 2 is 2.06 bits per heavy atom. The summed E-state index contributed by atoms with van der Waals surface area (Å²) in [6, 6.07) is 9.87. The first-order chi connectivity index (χ1) is 16.5. The van der Waals surface area contributed by atoms with Gasteiger partial charge >= 0.3 is 0 Å². The summed E-state index contributed by atoms with van der Waals surface area (Å²) in [5.74, 6) is -0.275. The third-order valence-corrected chi connectivity index (χ3v) is 5.78. The molecule has 0 radical (unpaired) electrons. The molecule has 4 rings (SSSR count). The van der Waals surface area contributed by atoms with Crippen molar-refractivity contribution in [3.8, 4) is 11.5 Å². The van der Waals surface area contributed by atoms with Crippen molar-refractivity contribution in [2.75, 3.05) is 26.1 Å². The first-order valence-electron chi connectivity index (χ1n) is 10.3. The minimum Gasteiger partial charge on any atom is -0.493 e. The van der Waals surface area contributed by atoms with Crippen LogP contribution in [0.25, 0.3) is 10.9 Å². The number of thiazole rings is 1. The van der Waals surface area contributed by atoms with Gasteiger partial charge in [0.05, 0.1) is 35.9 Å². The van der Waals surface area contributed by atoms with Crippen LogP contribution in [0.4, 0.5) is 11.4 Å². The Hall–Kier alpha value is -3.96. The van der Waals surface area contributed by atoms with Crippen LogP contribution in [0.1, 0.15) is 16.1 Å². The highest BCUT2D eigenvalue weighted by Gasteiger charge is 2.25. The number of hydrogen-bond acceptors (Lipinski definition) is 8. The average Bonchev–Trinajstić information content (AvgIpc) is 3.50. The minimum absolute atomic E-state index is 0.118. The lowest BCUT2D eigenvalue weighted by Crippen LogP contribution is -2.14. The first kappa shape index (κ1) is 23.2. The standard InChI is InChI=1S/C23H22N4O6S/c1-31-8-7-26-6-5-15-9-16(3-4-19(15)26)25-23(28)18-10-21(32-2)22(11-20(18)27(29)30)33-12-17-13-34-14-24-17/h3-6,9-11,13-14H,7-8,12H2,1-2H3,(H,25,28). The molecule has 1 N–H and O–H groups in total. The van der Waals surface area contributed by atoms with Crippen LogP contribution in [0.15, 0.2) is 53.5 Å². The number of carbonyl (C=O) groups excluding carboxylic acids is 1. The summed E-state index contributed by atoms with van der Waals surface area (Å²) in [5, 5.41) is 17.2. The van der Waals surface area contributed by atoms with E-state index in [9.17, 15) is 14.9 Å². The number of anilines is 1. The van der Waals surface area contributed by atoms with Crippen molar-refractivity contribution < 1.29 is 23.9 Å². The van der Waals surface area contributed by atoms with Gasteiger partial charge in [-0.25, -0.2) is 4.98 Å². The van der Waals surface area contributed by atoms with Crippen molar-refractivity contribution >= 4 is 39.5 Å². The van der Waals surface area contributed by atoms with E-state index in [2.05, 4.69) is 10.3 Å². The number of ether oxygens (including phenoxy) is 3. The number of fused-ring (bicyclic) bond motifs is 1. The lowest BCUT2D eigenvalue weighted by Gasteiger charge is -2.13. The molecule has 4 aromatic rings. The lowest BCUT2D eigenvalue weighted by atomic mass is 10.1. The molecule has 34 heavy (non-hydrogen) atoms. The molecule has 0 aliphatic heterocycles. The molecule has 0 aliphatic carbocycles. The maximum atomic E-state index is 13.0. The van der Waals surface area contributed by atoms with E-state index in [-0.39, 0.29) is 23.7 Å².